The molecule has 0 amide bonds. The van der Waals surface area contributed by atoms with Crippen LogP contribution in [-0.4, -0.2) is 9.97 Å². The van der Waals surface area contributed by atoms with Crippen LogP contribution in [0.15, 0.2) is 30.3 Å². The molecule has 1 aromatic carbocycles. The second-order valence-electron chi connectivity index (χ2n) is 3.79. The molecule has 0 aliphatic rings. The lowest BCUT2D eigenvalue weighted by molar-refractivity contribution is 0.960. The van der Waals surface area contributed by atoms with Gasteiger partial charge in [-0.25, -0.2) is 9.97 Å². The van der Waals surface area contributed by atoms with E-state index < -0.39 is 0 Å². The predicted molar refractivity (Wildman–Crippen MR) is 65.8 cm³/mol. The average molecular weight is 233 g/mol. The van der Waals surface area contributed by atoms with Crippen molar-refractivity contribution in [3.63, 3.8) is 0 Å². The molecular formula is C13H13ClN2. The minimum atomic E-state index is 0.564. The van der Waals surface area contributed by atoms with Gasteiger partial charge < -0.3 is 0 Å². The average Bonchev–Trinajstić information content (AvgIpc) is 2.25. The Morgan fingerprint density at radius 3 is 2.38 bits per heavy atom. The standard InChI is InChI=1S/C13H13ClN2/c1-9-12(13(14)16-10(2)15-9)8-11-6-4-3-5-7-11/h3-7H,8H2,1-2H3. The molecule has 0 bridgehead atoms. The molecular weight excluding hydrogens is 220 g/mol. The molecule has 1 aromatic heterocycles. The Labute approximate surface area is 100 Å². The van der Waals surface area contributed by atoms with Crippen molar-refractivity contribution >= 4 is 11.6 Å². The van der Waals surface area contributed by atoms with E-state index in [1.54, 1.807) is 0 Å². The van der Waals surface area contributed by atoms with Crippen LogP contribution in [0, 0.1) is 13.8 Å². The van der Waals surface area contributed by atoms with E-state index in [1.165, 1.54) is 5.56 Å². The van der Waals surface area contributed by atoms with Gasteiger partial charge in [-0.15, -0.1) is 0 Å². The van der Waals surface area contributed by atoms with E-state index >= 15 is 0 Å². The molecule has 2 nitrogen and oxygen atoms in total. The van der Waals surface area contributed by atoms with Crippen LogP contribution in [-0.2, 0) is 6.42 Å². The van der Waals surface area contributed by atoms with E-state index in [-0.39, 0.29) is 0 Å². The molecule has 16 heavy (non-hydrogen) atoms. The van der Waals surface area contributed by atoms with Gasteiger partial charge in [0.2, 0.25) is 0 Å². The number of aromatic nitrogens is 2. The Balaban J connectivity index is 2.35. The minimum Gasteiger partial charge on any atom is -0.238 e. The summed E-state index contributed by atoms with van der Waals surface area (Å²) in [4.78, 5) is 8.52. The Hall–Kier alpha value is -1.41. The second-order valence-corrected chi connectivity index (χ2v) is 4.15. The molecule has 0 radical (unpaired) electrons. The zero-order chi connectivity index (χ0) is 11.5. The summed E-state index contributed by atoms with van der Waals surface area (Å²) in [5.74, 6) is 0.722. The summed E-state index contributed by atoms with van der Waals surface area (Å²) in [5, 5.41) is 0.564. The fraction of sp³-hybridized carbons (Fsp3) is 0.231. The first-order valence-electron chi connectivity index (χ1n) is 5.20. The lowest BCUT2D eigenvalue weighted by Gasteiger charge is -2.07. The van der Waals surface area contributed by atoms with Crippen LogP contribution in [0.3, 0.4) is 0 Å². The fourth-order valence-electron chi connectivity index (χ4n) is 1.69. The summed E-state index contributed by atoms with van der Waals surface area (Å²) in [5.41, 5.74) is 3.19. The zero-order valence-corrected chi connectivity index (χ0v) is 10.1. The fourth-order valence-corrected chi connectivity index (χ4v) is 2.02. The van der Waals surface area contributed by atoms with Crippen LogP contribution >= 0.6 is 11.6 Å². The largest absolute Gasteiger partial charge is 0.238 e. The summed E-state index contributed by atoms with van der Waals surface area (Å²) in [6, 6.07) is 10.2. The number of hydrogen-bond acceptors (Lipinski definition) is 2. The molecule has 82 valence electrons. The molecule has 0 fully saturated rings. The molecule has 0 N–H and O–H groups in total. The van der Waals surface area contributed by atoms with Crippen molar-refractivity contribution in [1.29, 1.82) is 0 Å². The van der Waals surface area contributed by atoms with Crippen LogP contribution in [0.1, 0.15) is 22.6 Å². The van der Waals surface area contributed by atoms with Crippen molar-refractivity contribution in [3.05, 3.63) is 58.1 Å². The highest BCUT2D eigenvalue weighted by Crippen LogP contribution is 2.19. The molecule has 0 unspecified atom stereocenters. The number of rotatable bonds is 2. The quantitative estimate of drug-likeness (QED) is 0.743. The first-order chi connectivity index (χ1) is 7.66. The van der Waals surface area contributed by atoms with Gasteiger partial charge in [-0.2, -0.15) is 0 Å². The van der Waals surface area contributed by atoms with Crippen LogP contribution in [0.4, 0.5) is 0 Å². The lowest BCUT2D eigenvalue weighted by Crippen LogP contribution is -2.00. The molecule has 0 aliphatic heterocycles. The normalized spacial score (nSPS) is 10.4. The van der Waals surface area contributed by atoms with Crippen molar-refractivity contribution in [2.75, 3.05) is 0 Å². The number of aryl methyl sites for hydroxylation is 2. The maximum Gasteiger partial charge on any atom is 0.136 e. The molecule has 0 aliphatic carbocycles. The first-order valence-corrected chi connectivity index (χ1v) is 5.58. The third-order valence-electron chi connectivity index (χ3n) is 2.50. The topological polar surface area (TPSA) is 25.8 Å². The Morgan fingerprint density at radius 2 is 1.75 bits per heavy atom. The van der Waals surface area contributed by atoms with Crippen LogP contribution in [0.2, 0.25) is 5.15 Å². The summed E-state index contributed by atoms with van der Waals surface area (Å²) < 4.78 is 0. The third-order valence-corrected chi connectivity index (χ3v) is 2.81. The monoisotopic (exact) mass is 232 g/mol. The molecule has 2 rings (SSSR count). The van der Waals surface area contributed by atoms with Crippen molar-refractivity contribution in [2.45, 2.75) is 20.3 Å². The van der Waals surface area contributed by atoms with Gasteiger partial charge in [0, 0.05) is 17.7 Å². The first kappa shape index (κ1) is 11.1. The van der Waals surface area contributed by atoms with E-state index in [0.29, 0.717) is 5.15 Å². The SMILES string of the molecule is Cc1nc(C)c(Cc2ccccc2)c(Cl)n1. The molecule has 1 heterocycles. The highest BCUT2D eigenvalue weighted by atomic mass is 35.5. The Kier molecular flexibility index (Phi) is 3.20. The van der Waals surface area contributed by atoms with Gasteiger partial charge in [-0.05, 0) is 19.4 Å². The van der Waals surface area contributed by atoms with Gasteiger partial charge in [0.1, 0.15) is 11.0 Å². The summed E-state index contributed by atoms with van der Waals surface area (Å²) in [6.07, 6.45) is 0.784. The molecule has 0 saturated heterocycles. The number of hydrogen-bond donors (Lipinski definition) is 0. The highest BCUT2D eigenvalue weighted by Gasteiger charge is 2.08. The van der Waals surface area contributed by atoms with Gasteiger partial charge in [0.05, 0.1) is 0 Å². The van der Waals surface area contributed by atoms with Crippen molar-refractivity contribution in [1.82, 2.24) is 9.97 Å². The van der Waals surface area contributed by atoms with E-state index in [9.17, 15) is 0 Å². The summed E-state index contributed by atoms with van der Waals surface area (Å²) in [7, 11) is 0. The number of benzene rings is 1. The van der Waals surface area contributed by atoms with Gasteiger partial charge in [-0.1, -0.05) is 41.9 Å². The molecule has 0 spiro atoms. The third kappa shape index (κ3) is 2.39. The second kappa shape index (κ2) is 4.62. The molecule has 0 saturated carbocycles. The minimum absolute atomic E-state index is 0.564. The van der Waals surface area contributed by atoms with Gasteiger partial charge >= 0.3 is 0 Å². The van der Waals surface area contributed by atoms with Crippen molar-refractivity contribution in [3.8, 4) is 0 Å². The van der Waals surface area contributed by atoms with Crippen molar-refractivity contribution < 1.29 is 0 Å². The van der Waals surface area contributed by atoms with E-state index in [1.807, 2.05) is 32.0 Å². The highest BCUT2D eigenvalue weighted by molar-refractivity contribution is 6.30. The molecule has 2 aromatic rings. The lowest BCUT2D eigenvalue weighted by atomic mass is 10.1. The van der Waals surface area contributed by atoms with Crippen LogP contribution in [0.5, 0.6) is 0 Å². The predicted octanol–water partition coefficient (Wildman–Crippen LogP) is 3.34. The van der Waals surface area contributed by atoms with Gasteiger partial charge in [0.25, 0.3) is 0 Å². The van der Waals surface area contributed by atoms with E-state index in [2.05, 4.69) is 22.1 Å². The van der Waals surface area contributed by atoms with E-state index in [4.69, 9.17) is 11.6 Å². The smallest absolute Gasteiger partial charge is 0.136 e. The number of nitrogens with zero attached hydrogens (tertiary/aromatic N) is 2. The maximum absolute atomic E-state index is 6.13. The maximum atomic E-state index is 6.13. The van der Waals surface area contributed by atoms with Gasteiger partial charge in [0.15, 0.2) is 0 Å². The molecule has 0 atom stereocenters. The summed E-state index contributed by atoms with van der Waals surface area (Å²) >= 11 is 6.13. The van der Waals surface area contributed by atoms with Crippen LogP contribution < -0.4 is 0 Å². The van der Waals surface area contributed by atoms with Crippen LogP contribution in [0.25, 0.3) is 0 Å². The summed E-state index contributed by atoms with van der Waals surface area (Å²) in [6.45, 7) is 3.82. The molecule has 3 heteroatoms. The number of halogens is 1. The van der Waals surface area contributed by atoms with Gasteiger partial charge in [-0.3, -0.25) is 0 Å². The van der Waals surface area contributed by atoms with E-state index in [0.717, 1.165) is 23.5 Å². The Bertz CT molecular complexity index is 472. The van der Waals surface area contributed by atoms with Crippen molar-refractivity contribution in [2.24, 2.45) is 0 Å². The Morgan fingerprint density at radius 1 is 1.06 bits per heavy atom. The zero-order valence-electron chi connectivity index (χ0n) is 9.37.